The van der Waals surface area contributed by atoms with E-state index in [1.807, 2.05) is 25.2 Å². The van der Waals surface area contributed by atoms with Crippen molar-refractivity contribution in [1.29, 1.82) is 0 Å². The van der Waals surface area contributed by atoms with Crippen molar-refractivity contribution >= 4 is 29.9 Å². The summed E-state index contributed by atoms with van der Waals surface area (Å²) in [5, 5.41) is 3.50. The van der Waals surface area contributed by atoms with Crippen LogP contribution in [0.25, 0.3) is 0 Å². The molecular formula is C21H35IN4O. The van der Waals surface area contributed by atoms with Crippen LogP contribution >= 0.6 is 24.0 Å². The number of rotatable bonds is 9. The molecule has 0 saturated carbocycles. The van der Waals surface area contributed by atoms with Crippen molar-refractivity contribution in [2.75, 3.05) is 46.4 Å². The van der Waals surface area contributed by atoms with Gasteiger partial charge in [-0.3, -0.25) is 4.99 Å². The molecule has 1 unspecified atom stereocenters. The maximum absolute atomic E-state index is 5.75. The van der Waals surface area contributed by atoms with Crippen molar-refractivity contribution in [3.8, 4) is 5.75 Å². The van der Waals surface area contributed by atoms with E-state index in [0.717, 1.165) is 49.4 Å². The number of likely N-dealkylation sites (tertiary alicyclic amines) is 1. The second-order valence-electron chi connectivity index (χ2n) is 6.69. The number of nitrogens with one attached hydrogen (secondary N) is 1. The van der Waals surface area contributed by atoms with Crippen molar-refractivity contribution in [3.63, 3.8) is 0 Å². The fraction of sp³-hybridized carbons (Fsp3) is 0.571. The van der Waals surface area contributed by atoms with E-state index in [1.165, 1.54) is 13.0 Å². The molecule has 1 saturated heterocycles. The van der Waals surface area contributed by atoms with E-state index < -0.39 is 0 Å². The molecular weight excluding hydrogens is 451 g/mol. The first-order valence-corrected chi connectivity index (χ1v) is 9.71. The Labute approximate surface area is 181 Å². The summed E-state index contributed by atoms with van der Waals surface area (Å²) in [5.74, 6) is 2.60. The molecule has 1 atom stereocenters. The molecule has 1 aliphatic rings. The number of nitrogens with zero attached hydrogens (tertiary/aromatic N) is 3. The van der Waals surface area contributed by atoms with Crippen LogP contribution in [-0.2, 0) is 6.54 Å². The Kier molecular flexibility index (Phi) is 11.4. The summed E-state index contributed by atoms with van der Waals surface area (Å²) in [7, 11) is 1.86. The average molecular weight is 486 g/mol. The van der Waals surface area contributed by atoms with E-state index in [0.29, 0.717) is 13.2 Å². The van der Waals surface area contributed by atoms with Crippen molar-refractivity contribution in [2.45, 2.75) is 26.8 Å². The molecule has 2 rings (SSSR count). The second-order valence-corrected chi connectivity index (χ2v) is 6.69. The Morgan fingerprint density at radius 1 is 1.37 bits per heavy atom. The molecule has 152 valence electrons. The molecule has 1 aliphatic heterocycles. The largest absolute Gasteiger partial charge is 0.489 e. The first-order chi connectivity index (χ1) is 12.7. The summed E-state index contributed by atoms with van der Waals surface area (Å²) in [4.78, 5) is 9.38. The van der Waals surface area contributed by atoms with Gasteiger partial charge in [-0.05, 0) is 31.5 Å². The summed E-state index contributed by atoms with van der Waals surface area (Å²) in [5.41, 5.74) is 1.13. The number of hydrogen-bond acceptors (Lipinski definition) is 3. The summed E-state index contributed by atoms with van der Waals surface area (Å²) >= 11 is 0. The third-order valence-electron chi connectivity index (χ3n) is 4.97. The highest BCUT2D eigenvalue weighted by Gasteiger charge is 2.25. The molecule has 0 aliphatic carbocycles. The van der Waals surface area contributed by atoms with Gasteiger partial charge in [0, 0.05) is 38.8 Å². The predicted octanol–water partition coefficient (Wildman–Crippen LogP) is 3.61. The number of benzene rings is 1. The van der Waals surface area contributed by atoms with Gasteiger partial charge in [-0.2, -0.15) is 0 Å². The normalized spacial score (nSPS) is 17.0. The maximum Gasteiger partial charge on any atom is 0.193 e. The number of para-hydroxylation sites is 1. The minimum atomic E-state index is 0. The minimum absolute atomic E-state index is 0. The van der Waals surface area contributed by atoms with Crippen LogP contribution in [0.2, 0.25) is 0 Å². The number of hydrogen-bond donors (Lipinski definition) is 1. The highest BCUT2D eigenvalue weighted by molar-refractivity contribution is 14.0. The van der Waals surface area contributed by atoms with Crippen LogP contribution in [0.1, 0.15) is 25.8 Å². The average Bonchev–Trinajstić information content (AvgIpc) is 3.14. The van der Waals surface area contributed by atoms with Crippen molar-refractivity contribution in [3.05, 3.63) is 42.5 Å². The summed E-state index contributed by atoms with van der Waals surface area (Å²) in [6, 6.07) is 8.12. The molecule has 0 aromatic heterocycles. The molecule has 6 heteroatoms. The molecule has 0 radical (unpaired) electrons. The van der Waals surface area contributed by atoms with Gasteiger partial charge in [0.05, 0.1) is 0 Å². The third-order valence-corrected chi connectivity index (χ3v) is 4.97. The van der Waals surface area contributed by atoms with Crippen LogP contribution in [0.3, 0.4) is 0 Å². The minimum Gasteiger partial charge on any atom is -0.489 e. The Balaban J connectivity index is 0.00000364. The molecule has 1 heterocycles. The number of halogens is 1. The monoisotopic (exact) mass is 486 g/mol. The van der Waals surface area contributed by atoms with Gasteiger partial charge in [-0.1, -0.05) is 44.7 Å². The lowest BCUT2D eigenvalue weighted by atomic mass is 10.1. The Morgan fingerprint density at radius 3 is 2.78 bits per heavy atom. The van der Waals surface area contributed by atoms with Gasteiger partial charge in [0.15, 0.2) is 5.96 Å². The van der Waals surface area contributed by atoms with Gasteiger partial charge in [0.1, 0.15) is 12.4 Å². The van der Waals surface area contributed by atoms with Crippen LogP contribution in [0.5, 0.6) is 5.75 Å². The smallest absolute Gasteiger partial charge is 0.193 e. The van der Waals surface area contributed by atoms with E-state index in [9.17, 15) is 0 Å². The van der Waals surface area contributed by atoms with Crippen molar-refractivity contribution < 1.29 is 4.74 Å². The lowest BCUT2D eigenvalue weighted by Gasteiger charge is -2.24. The predicted molar refractivity (Wildman–Crippen MR) is 125 cm³/mol. The molecule has 1 N–H and O–H groups in total. The zero-order valence-corrected chi connectivity index (χ0v) is 19.3. The molecule has 5 nitrogen and oxygen atoms in total. The first kappa shape index (κ1) is 23.8. The van der Waals surface area contributed by atoms with Crippen molar-refractivity contribution in [1.82, 2.24) is 15.1 Å². The summed E-state index contributed by atoms with van der Waals surface area (Å²) < 4.78 is 5.75. The number of guanidine groups is 1. The SMILES string of the molecule is C=CCOc1ccccc1CNC(=NC)N1CCC(CN(CC)CC)C1.I. The zero-order valence-electron chi connectivity index (χ0n) is 17.0. The Morgan fingerprint density at radius 2 is 2.11 bits per heavy atom. The Hall–Kier alpha value is -1.28. The van der Waals surface area contributed by atoms with E-state index >= 15 is 0 Å². The lowest BCUT2D eigenvalue weighted by Crippen LogP contribution is -2.40. The zero-order chi connectivity index (χ0) is 18.8. The molecule has 1 fully saturated rings. The number of ether oxygens (including phenoxy) is 1. The number of aliphatic imine (C=N–C) groups is 1. The molecule has 1 aromatic rings. The Bertz CT molecular complexity index is 589. The van der Waals surface area contributed by atoms with Gasteiger partial charge >= 0.3 is 0 Å². The van der Waals surface area contributed by atoms with E-state index in [-0.39, 0.29) is 24.0 Å². The fourth-order valence-corrected chi connectivity index (χ4v) is 3.47. The van der Waals surface area contributed by atoms with Crippen LogP contribution < -0.4 is 10.1 Å². The quantitative estimate of drug-likeness (QED) is 0.251. The fourth-order valence-electron chi connectivity index (χ4n) is 3.47. The summed E-state index contributed by atoms with van der Waals surface area (Å²) in [6.45, 7) is 15.0. The first-order valence-electron chi connectivity index (χ1n) is 9.71. The maximum atomic E-state index is 5.75. The molecule has 27 heavy (non-hydrogen) atoms. The van der Waals surface area contributed by atoms with Crippen LogP contribution in [0.4, 0.5) is 0 Å². The van der Waals surface area contributed by atoms with Crippen molar-refractivity contribution in [2.24, 2.45) is 10.9 Å². The van der Waals surface area contributed by atoms with E-state index in [2.05, 4.69) is 46.6 Å². The van der Waals surface area contributed by atoms with Crippen LogP contribution in [0.15, 0.2) is 41.9 Å². The standard InChI is InChI=1S/C21H34N4O.HI/c1-5-14-26-20-11-9-8-10-19(20)15-23-21(22-4)25-13-12-18(17-25)16-24(6-2)7-3;/h5,8-11,18H,1,6-7,12-17H2,2-4H3,(H,22,23);1H. The molecule has 0 spiro atoms. The van der Waals surface area contributed by atoms with Gasteiger partial charge in [-0.15, -0.1) is 24.0 Å². The topological polar surface area (TPSA) is 40.1 Å². The van der Waals surface area contributed by atoms with Crippen LogP contribution in [0, 0.1) is 5.92 Å². The lowest BCUT2D eigenvalue weighted by molar-refractivity contribution is 0.255. The van der Waals surface area contributed by atoms with Gasteiger partial charge in [0.2, 0.25) is 0 Å². The molecule has 0 bridgehead atoms. The second kappa shape index (κ2) is 13.0. The summed E-state index contributed by atoms with van der Waals surface area (Å²) in [6.07, 6.45) is 3.00. The van der Waals surface area contributed by atoms with Crippen LogP contribution in [-0.4, -0.2) is 62.1 Å². The van der Waals surface area contributed by atoms with Gasteiger partial charge < -0.3 is 19.9 Å². The third kappa shape index (κ3) is 7.33. The highest BCUT2D eigenvalue weighted by Crippen LogP contribution is 2.20. The van der Waals surface area contributed by atoms with E-state index in [1.54, 1.807) is 6.08 Å². The van der Waals surface area contributed by atoms with Gasteiger partial charge in [0.25, 0.3) is 0 Å². The van der Waals surface area contributed by atoms with E-state index in [4.69, 9.17) is 4.74 Å². The van der Waals surface area contributed by atoms with Gasteiger partial charge in [-0.25, -0.2) is 0 Å². The highest BCUT2D eigenvalue weighted by atomic mass is 127. The molecule has 0 amide bonds. The molecule has 1 aromatic carbocycles.